The lowest BCUT2D eigenvalue weighted by Gasteiger charge is -2.09. The van der Waals surface area contributed by atoms with Crippen molar-refractivity contribution in [3.8, 4) is 11.5 Å². The van der Waals surface area contributed by atoms with Crippen molar-refractivity contribution in [2.75, 3.05) is 12.4 Å². The van der Waals surface area contributed by atoms with Gasteiger partial charge in [0.15, 0.2) is 5.75 Å². The summed E-state index contributed by atoms with van der Waals surface area (Å²) in [7, 11) is 1.86. The molecule has 0 amide bonds. The van der Waals surface area contributed by atoms with Gasteiger partial charge in [0.2, 0.25) is 0 Å². The number of rotatable bonds is 3. The Kier molecular flexibility index (Phi) is 3.02. The zero-order valence-electron chi connectivity index (χ0n) is 10.6. The highest BCUT2D eigenvalue weighted by atomic mass is 16.5. The summed E-state index contributed by atoms with van der Waals surface area (Å²) in [5.41, 5.74) is 0.859. The average Bonchev–Trinajstić information content (AvgIpc) is 2.48. The molecule has 94 valence electrons. The Morgan fingerprint density at radius 2 is 1.74 bits per heavy atom. The van der Waals surface area contributed by atoms with E-state index in [4.69, 9.17) is 4.74 Å². The number of hydrogen-bond donors (Lipinski definition) is 1. The smallest absolute Gasteiger partial charge is 0.153 e. The fraction of sp³-hybridized carbons (Fsp3) is 0.0625. The van der Waals surface area contributed by atoms with Crippen molar-refractivity contribution >= 4 is 16.7 Å². The normalized spacial score (nSPS) is 10.4. The highest BCUT2D eigenvalue weighted by Crippen LogP contribution is 2.29. The third-order valence-electron chi connectivity index (χ3n) is 2.91. The summed E-state index contributed by atoms with van der Waals surface area (Å²) in [4.78, 5) is 4.55. The molecule has 1 N–H and O–H groups in total. The number of nitrogens with one attached hydrogen (secondary N) is 1. The van der Waals surface area contributed by atoms with E-state index in [1.165, 1.54) is 0 Å². The summed E-state index contributed by atoms with van der Waals surface area (Å²) in [5.74, 6) is 2.41. The molecule has 3 heteroatoms. The highest BCUT2D eigenvalue weighted by molar-refractivity contribution is 5.86. The van der Waals surface area contributed by atoms with Crippen LogP contribution in [0.5, 0.6) is 11.5 Å². The number of anilines is 1. The molecule has 0 bridgehead atoms. The van der Waals surface area contributed by atoms with Crippen LogP contribution in [0.25, 0.3) is 10.9 Å². The molecule has 0 aliphatic heterocycles. The lowest BCUT2D eigenvalue weighted by atomic mass is 10.2. The van der Waals surface area contributed by atoms with Crippen LogP contribution in [0, 0.1) is 0 Å². The molecule has 0 saturated heterocycles. The minimum Gasteiger partial charge on any atom is -0.455 e. The first-order valence-electron chi connectivity index (χ1n) is 6.17. The maximum absolute atomic E-state index is 5.90. The van der Waals surface area contributed by atoms with Crippen molar-refractivity contribution < 1.29 is 4.74 Å². The molecule has 0 radical (unpaired) electrons. The van der Waals surface area contributed by atoms with Crippen molar-refractivity contribution in [3.63, 3.8) is 0 Å². The van der Waals surface area contributed by atoms with E-state index in [-0.39, 0.29) is 0 Å². The van der Waals surface area contributed by atoms with E-state index in [2.05, 4.69) is 10.3 Å². The molecule has 1 aromatic heterocycles. The molecule has 0 aliphatic rings. The number of hydrogen-bond acceptors (Lipinski definition) is 3. The van der Waals surface area contributed by atoms with Crippen molar-refractivity contribution in [1.82, 2.24) is 4.98 Å². The third-order valence-corrected chi connectivity index (χ3v) is 2.91. The second-order valence-electron chi connectivity index (χ2n) is 4.19. The number of benzene rings is 2. The predicted octanol–water partition coefficient (Wildman–Crippen LogP) is 4.07. The van der Waals surface area contributed by atoms with Crippen LogP contribution in [0.3, 0.4) is 0 Å². The minimum absolute atomic E-state index is 0.765. The van der Waals surface area contributed by atoms with Gasteiger partial charge in [-0.15, -0.1) is 0 Å². The van der Waals surface area contributed by atoms with Gasteiger partial charge in [0.25, 0.3) is 0 Å². The Morgan fingerprint density at radius 3 is 2.53 bits per heavy atom. The summed E-state index contributed by atoms with van der Waals surface area (Å²) >= 11 is 0. The maximum Gasteiger partial charge on any atom is 0.153 e. The SMILES string of the molecule is CNc1ccc2cccc(Oc3ccccc3)c2n1. The van der Waals surface area contributed by atoms with Crippen molar-refractivity contribution in [2.45, 2.75) is 0 Å². The highest BCUT2D eigenvalue weighted by Gasteiger charge is 2.05. The Bertz CT molecular complexity index is 695. The van der Waals surface area contributed by atoms with Gasteiger partial charge < -0.3 is 10.1 Å². The van der Waals surface area contributed by atoms with Gasteiger partial charge in [-0.1, -0.05) is 30.3 Å². The first kappa shape index (κ1) is 11.5. The molecular weight excluding hydrogens is 236 g/mol. The molecule has 2 aromatic carbocycles. The monoisotopic (exact) mass is 250 g/mol. The van der Waals surface area contributed by atoms with Gasteiger partial charge in [-0.3, -0.25) is 0 Å². The molecule has 1 heterocycles. The average molecular weight is 250 g/mol. The molecule has 3 aromatic rings. The molecule has 0 aliphatic carbocycles. The van der Waals surface area contributed by atoms with Crippen LogP contribution in [-0.4, -0.2) is 12.0 Å². The van der Waals surface area contributed by atoms with Crippen LogP contribution < -0.4 is 10.1 Å². The number of para-hydroxylation sites is 2. The lowest BCUT2D eigenvalue weighted by molar-refractivity contribution is 0.487. The molecule has 0 atom stereocenters. The quantitative estimate of drug-likeness (QED) is 0.760. The summed E-state index contributed by atoms with van der Waals surface area (Å²) in [5, 5.41) is 4.11. The fourth-order valence-electron chi connectivity index (χ4n) is 1.96. The standard InChI is InChI=1S/C16H14N2O/c1-17-15-11-10-12-6-5-9-14(16(12)18-15)19-13-7-3-2-4-8-13/h2-11H,1H3,(H,17,18). The van der Waals surface area contributed by atoms with E-state index in [1.54, 1.807) is 0 Å². The second-order valence-corrected chi connectivity index (χ2v) is 4.19. The van der Waals surface area contributed by atoms with Gasteiger partial charge in [-0.05, 0) is 30.3 Å². The minimum atomic E-state index is 0.765. The number of ether oxygens (including phenoxy) is 1. The Balaban J connectivity index is 2.07. The summed E-state index contributed by atoms with van der Waals surface area (Å²) < 4.78 is 5.90. The maximum atomic E-state index is 5.90. The van der Waals surface area contributed by atoms with E-state index in [1.807, 2.05) is 67.7 Å². The van der Waals surface area contributed by atoms with Gasteiger partial charge in [0, 0.05) is 12.4 Å². The van der Waals surface area contributed by atoms with Crippen LogP contribution in [0.2, 0.25) is 0 Å². The third kappa shape index (κ3) is 2.36. The van der Waals surface area contributed by atoms with Crippen LogP contribution in [0.1, 0.15) is 0 Å². The largest absolute Gasteiger partial charge is 0.455 e. The Hall–Kier alpha value is -2.55. The molecule has 19 heavy (non-hydrogen) atoms. The van der Waals surface area contributed by atoms with Crippen LogP contribution in [0.4, 0.5) is 5.82 Å². The van der Waals surface area contributed by atoms with Gasteiger partial charge in [-0.25, -0.2) is 4.98 Å². The van der Waals surface area contributed by atoms with Crippen molar-refractivity contribution in [2.24, 2.45) is 0 Å². The molecule has 0 unspecified atom stereocenters. The molecule has 3 rings (SSSR count). The topological polar surface area (TPSA) is 34.1 Å². The fourth-order valence-corrected chi connectivity index (χ4v) is 1.96. The van der Waals surface area contributed by atoms with Crippen molar-refractivity contribution in [3.05, 3.63) is 60.7 Å². The van der Waals surface area contributed by atoms with Gasteiger partial charge in [0.05, 0.1) is 0 Å². The number of pyridine rings is 1. The van der Waals surface area contributed by atoms with Crippen LogP contribution in [0.15, 0.2) is 60.7 Å². The molecule has 3 nitrogen and oxygen atoms in total. The summed E-state index contributed by atoms with van der Waals surface area (Å²) in [6, 6.07) is 19.7. The van der Waals surface area contributed by atoms with E-state index in [0.717, 1.165) is 28.2 Å². The Labute approximate surface area is 111 Å². The first-order valence-corrected chi connectivity index (χ1v) is 6.17. The van der Waals surface area contributed by atoms with E-state index in [9.17, 15) is 0 Å². The number of fused-ring (bicyclic) bond motifs is 1. The summed E-state index contributed by atoms with van der Waals surface area (Å²) in [6.07, 6.45) is 0. The second kappa shape index (κ2) is 4.98. The Morgan fingerprint density at radius 1 is 0.895 bits per heavy atom. The lowest BCUT2D eigenvalue weighted by Crippen LogP contribution is -1.93. The van der Waals surface area contributed by atoms with E-state index < -0.39 is 0 Å². The molecule has 0 fully saturated rings. The van der Waals surface area contributed by atoms with E-state index in [0.29, 0.717) is 0 Å². The number of aromatic nitrogens is 1. The van der Waals surface area contributed by atoms with Gasteiger partial charge in [0.1, 0.15) is 17.1 Å². The van der Waals surface area contributed by atoms with E-state index >= 15 is 0 Å². The van der Waals surface area contributed by atoms with Crippen LogP contribution >= 0.6 is 0 Å². The zero-order chi connectivity index (χ0) is 13.1. The van der Waals surface area contributed by atoms with Gasteiger partial charge >= 0.3 is 0 Å². The molecule has 0 spiro atoms. The summed E-state index contributed by atoms with van der Waals surface area (Å²) in [6.45, 7) is 0. The molecular formula is C16H14N2O. The zero-order valence-corrected chi connectivity index (χ0v) is 10.6. The predicted molar refractivity (Wildman–Crippen MR) is 77.8 cm³/mol. The number of nitrogens with zero attached hydrogens (tertiary/aromatic N) is 1. The first-order chi connectivity index (χ1) is 9.36. The van der Waals surface area contributed by atoms with Gasteiger partial charge in [-0.2, -0.15) is 0 Å². The van der Waals surface area contributed by atoms with Crippen molar-refractivity contribution in [1.29, 1.82) is 0 Å². The van der Waals surface area contributed by atoms with Crippen LogP contribution in [-0.2, 0) is 0 Å². The molecule has 0 saturated carbocycles.